The topological polar surface area (TPSA) is 81.9 Å². The van der Waals surface area contributed by atoms with E-state index in [1.54, 1.807) is 19.1 Å². The number of allylic oxidation sites excluding steroid dienone is 1. The lowest BCUT2D eigenvalue weighted by Gasteiger charge is -2.27. The summed E-state index contributed by atoms with van der Waals surface area (Å²) in [5.74, 6) is 0.353. The molecular weight excluding hydrogens is 330 g/mol. The number of carbonyl (C=O) groups excluding carboxylic acids is 1. The van der Waals surface area contributed by atoms with Gasteiger partial charge in [-0.1, -0.05) is 42.7 Å². The van der Waals surface area contributed by atoms with E-state index >= 15 is 0 Å². The SMILES string of the molecule is CC1=C(C(=O)OCC(C)C)C(c2ccc(Cl)cc2)Nc2nnnn21. The van der Waals surface area contributed by atoms with Crippen molar-refractivity contribution < 1.29 is 9.53 Å². The third-order valence-electron chi connectivity index (χ3n) is 3.71. The molecule has 3 rings (SSSR count). The van der Waals surface area contributed by atoms with E-state index in [9.17, 15) is 4.79 Å². The number of nitrogens with zero attached hydrogens (tertiary/aromatic N) is 4. The van der Waals surface area contributed by atoms with Crippen LogP contribution in [0.15, 0.2) is 29.8 Å². The molecule has 7 nitrogen and oxygen atoms in total. The Morgan fingerprint density at radius 3 is 2.75 bits per heavy atom. The molecule has 0 aliphatic carbocycles. The normalized spacial score (nSPS) is 16.8. The molecule has 1 unspecified atom stereocenters. The number of esters is 1. The van der Waals surface area contributed by atoms with Crippen molar-refractivity contribution in [3.05, 3.63) is 40.4 Å². The third-order valence-corrected chi connectivity index (χ3v) is 3.96. The second kappa shape index (κ2) is 6.60. The highest BCUT2D eigenvalue weighted by Gasteiger charge is 2.33. The van der Waals surface area contributed by atoms with Gasteiger partial charge in [0.25, 0.3) is 0 Å². The Hall–Kier alpha value is -2.41. The first-order chi connectivity index (χ1) is 11.5. The zero-order valence-corrected chi connectivity index (χ0v) is 14.4. The molecule has 1 aliphatic heterocycles. The van der Waals surface area contributed by atoms with Crippen LogP contribution in [0.1, 0.15) is 32.4 Å². The maximum absolute atomic E-state index is 12.7. The van der Waals surface area contributed by atoms with E-state index < -0.39 is 6.04 Å². The highest BCUT2D eigenvalue weighted by Crippen LogP contribution is 2.35. The molecule has 0 spiro atoms. The number of benzene rings is 1. The lowest BCUT2D eigenvalue weighted by molar-refractivity contribution is -0.140. The van der Waals surface area contributed by atoms with Gasteiger partial charge < -0.3 is 10.1 Å². The van der Waals surface area contributed by atoms with E-state index in [-0.39, 0.29) is 11.9 Å². The first-order valence-electron chi connectivity index (χ1n) is 7.66. The van der Waals surface area contributed by atoms with Crippen molar-refractivity contribution in [1.29, 1.82) is 0 Å². The summed E-state index contributed by atoms with van der Waals surface area (Å²) in [5, 5.41) is 15.3. The largest absolute Gasteiger partial charge is 0.462 e. The van der Waals surface area contributed by atoms with Crippen LogP contribution in [0.3, 0.4) is 0 Å². The lowest BCUT2D eigenvalue weighted by Crippen LogP contribution is -2.29. The van der Waals surface area contributed by atoms with Crippen LogP contribution < -0.4 is 5.32 Å². The van der Waals surface area contributed by atoms with E-state index in [2.05, 4.69) is 20.8 Å². The van der Waals surface area contributed by atoms with E-state index in [4.69, 9.17) is 16.3 Å². The van der Waals surface area contributed by atoms with Gasteiger partial charge in [0.1, 0.15) is 0 Å². The number of aromatic nitrogens is 4. The molecule has 2 heterocycles. The number of carbonyl (C=O) groups is 1. The van der Waals surface area contributed by atoms with Crippen molar-refractivity contribution in [2.75, 3.05) is 11.9 Å². The second-order valence-electron chi connectivity index (χ2n) is 6.03. The summed E-state index contributed by atoms with van der Waals surface area (Å²) in [5.41, 5.74) is 2.00. The highest BCUT2D eigenvalue weighted by atomic mass is 35.5. The summed E-state index contributed by atoms with van der Waals surface area (Å²) < 4.78 is 6.93. The summed E-state index contributed by atoms with van der Waals surface area (Å²) in [6.45, 7) is 6.13. The summed E-state index contributed by atoms with van der Waals surface area (Å²) in [4.78, 5) is 12.7. The number of anilines is 1. The summed E-state index contributed by atoms with van der Waals surface area (Å²) in [6.07, 6.45) is 0. The molecular formula is C16H18ClN5O2. The van der Waals surface area contributed by atoms with Crippen molar-refractivity contribution in [2.45, 2.75) is 26.8 Å². The zero-order valence-electron chi connectivity index (χ0n) is 13.7. The molecule has 1 aromatic heterocycles. The number of nitrogens with one attached hydrogen (secondary N) is 1. The molecule has 1 N–H and O–H groups in total. The van der Waals surface area contributed by atoms with Crippen LogP contribution in [0.4, 0.5) is 5.95 Å². The Kier molecular flexibility index (Phi) is 4.53. The van der Waals surface area contributed by atoms with Gasteiger partial charge in [-0.2, -0.15) is 4.68 Å². The smallest absolute Gasteiger partial charge is 0.338 e. The lowest BCUT2D eigenvalue weighted by atomic mass is 9.96. The molecule has 1 aromatic carbocycles. The van der Waals surface area contributed by atoms with Gasteiger partial charge in [0.15, 0.2) is 0 Å². The molecule has 1 atom stereocenters. The Morgan fingerprint density at radius 1 is 1.38 bits per heavy atom. The average Bonchev–Trinajstić information content (AvgIpc) is 3.02. The van der Waals surface area contributed by atoms with Gasteiger partial charge in [0.2, 0.25) is 5.95 Å². The Labute approximate surface area is 144 Å². The van der Waals surface area contributed by atoms with Crippen LogP contribution >= 0.6 is 11.6 Å². The number of hydrogen-bond acceptors (Lipinski definition) is 6. The van der Waals surface area contributed by atoms with Gasteiger partial charge in [-0.15, -0.1) is 0 Å². The van der Waals surface area contributed by atoms with Gasteiger partial charge >= 0.3 is 5.97 Å². The molecule has 8 heteroatoms. The Morgan fingerprint density at radius 2 is 2.08 bits per heavy atom. The van der Waals surface area contributed by atoms with Crippen molar-refractivity contribution in [1.82, 2.24) is 20.2 Å². The van der Waals surface area contributed by atoms with Crippen LogP contribution in [0.5, 0.6) is 0 Å². The standard InChI is InChI=1S/C16H18ClN5O2/c1-9(2)8-24-15(23)13-10(3)22-16(19-20-21-22)18-14(13)11-4-6-12(17)7-5-11/h4-7,9,14H,8H2,1-3H3,(H,18,19,21). The fourth-order valence-electron chi connectivity index (χ4n) is 2.52. The predicted octanol–water partition coefficient (Wildman–Crippen LogP) is 2.92. The monoisotopic (exact) mass is 347 g/mol. The molecule has 0 saturated carbocycles. The molecule has 0 fully saturated rings. The van der Waals surface area contributed by atoms with Crippen LogP contribution in [0, 0.1) is 5.92 Å². The number of tetrazole rings is 1. The molecule has 0 saturated heterocycles. The Balaban J connectivity index is 2.01. The molecule has 0 bridgehead atoms. The summed E-state index contributed by atoms with van der Waals surface area (Å²) in [7, 11) is 0. The van der Waals surface area contributed by atoms with Crippen LogP contribution in [-0.2, 0) is 9.53 Å². The van der Waals surface area contributed by atoms with Gasteiger partial charge in [0.05, 0.1) is 23.9 Å². The van der Waals surface area contributed by atoms with Crippen LogP contribution in [0.2, 0.25) is 5.02 Å². The third kappa shape index (κ3) is 3.12. The van der Waals surface area contributed by atoms with Crippen molar-refractivity contribution in [3.63, 3.8) is 0 Å². The minimum absolute atomic E-state index is 0.254. The number of ether oxygens (including phenoxy) is 1. The molecule has 0 radical (unpaired) electrons. The van der Waals surface area contributed by atoms with E-state index in [0.717, 1.165) is 5.56 Å². The number of fused-ring (bicyclic) bond motifs is 1. The van der Waals surface area contributed by atoms with Gasteiger partial charge in [-0.3, -0.25) is 0 Å². The molecule has 24 heavy (non-hydrogen) atoms. The fraction of sp³-hybridized carbons (Fsp3) is 0.375. The maximum atomic E-state index is 12.7. The maximum Gasteiger partial charge on any atom is 0.338 e. The predicted molar refractivity (Wildman–Crippen MR) is 90.3 cm³/mol. The minimum atomic E-state index is -0.402. The van der Waals surface area contributed by atoms with E-state index in [1.807, 2.05) is 26.0 Å². The quantitative estimate of drug-likeness (QED) is 0.856. The molecule has 2 aromatic rings. The van der Waals surface area contributed by atoms with E-state index in [1.165, 1.54) is 4.68 Å². The summed E-state index contributed by atoms with van der Waals surface area (Å²) >= 11 is 5.97. The van der Waals surface area contributed by atoms with Gasteiger partial charge in [-0.25, -0.2) is 4.79 Å². The highest BCUT2D eigenvalue weighted by molar-refractivity contribution is 6.30. The van der Waals surface area contributed by atoms with Crippen molar-refractivity contribution >= 4 is 29.2 Å². The average molecular weight is 348 g/mol. The fourth-order valence-corrected chi connectivity index (χ4v) is 2.64. The second-order valence-corrected chi connectivity index (χ2v) is 6.47. The first kappa shape index (κ1) is 16.4. The summed E-state index contributed by atoms with van der Waals surface area (Å²) in [6, 6.07) is 6.89. The van der Waals surface area contributed by atoms with Gasteiger partial charge in [0, 0.05) is 5.02 Å². The van der Waals surface area contributed by atoms with Crippen LogP contribution in [0.25, 0.3) is 5.70 Å². The van der Waals surface area contributed by atoms with E-state index in [0.29, 0.717) is 28.8 Å². The van der Waals surface area contributed by atoms with Crippen molar-refractivity contribution in [2.24, 2.45) is 5.92 Å². The molecule has 0 amide bonds. The molecule has 1 aliphatic rings. The minimum Gasteiger partial charge on any atom is -0.462 e. The Bertz CT molecular complexity index is 782. The number of hydrogen-bond donors (Lipinski definition) is 1. The van der Waals surface area contributed by atoms with Gasteiger partial charge in [-0.05, 0) is 41.0 Å². The first-order valence-corrected chi connectivity index (χ1v) is 8.04. The molecule has 126 valence electrons. The number of rotatable bonds is 4. The van der Waals surface area contributed by atoms with Crippen LogP contribution in [-0.4, -0.2) is 32.8 Å². The number of halogens is 1. The zero-order chi connectivity index (χ0) is 17.3. The van der Waals surface area contributed by atoms with Crippen molar-refractivity contribution in [3.8, 4) is 0 Å².